The topological polar surface area (TPSA) is 29.5 Å². The summed E-state index contributed by atoms with van der Waals surface area (Å²) in [6, 6.07) is 6.21. The third-order valence-electron chi connectivity index (χ3n) is 3.29. The Bertz CT molecular complexity index is 354. The highest BCUT2D eigenvalue weighted by Crippen LogP contribution is 2.27. The molecule has 0 radical (unpaired) electrons. The molecule has 2 rings (SSSR count). The molecule has 0 aromatic heterocycles. The fourth-order valence-electron chi connectivity index (χ4n) is 2.41. The van der Waals surface area contributed by atoms with Crippen LogP contribution < -0.4 is 0 Å². The van der Waals surface area contributed by atoms with Crippen molar-refractivity contribution in [1.82, 2.24) is 0 Å². The van der Waals surface area contributed by atoms with Crippen molar-refractivity contribution in [3.8, 4) is 0 Å². The van der Waals surface area contributed by atoms with Crippen molar-refractivity contribution in [3.63, 3.8) is 0 Å². The molecular formula is C14H20O2. The average molecular weight is 220 g/mol. The Kier molecular flexibility index (Phi) is 3.62. The second-order valence-electron chi connectivity index (χ2n) is 4.75. The highest BCUT2D eigenvalue weighted by Gasteiger charge is 2.21. The summed E-state index contributed by atoms with van der Waals surface area (Å²) < 4.78 is 5.55. The van der Waals surface area contributed by atoms with Crippen LogP contribution in [-0.4, -0.2) is 17.8 Å². The van der Waals surface area contributed by atoms with Gasteiger partial charge in [0, 0.05) is 13.0 Å². The number of hydrogen-bond donors (Lipinski definition) is 1. The Morgan fingerprint density at radius 2 is 2.25 bits per heavy atom. The summed E-state index contributed by atoms with van der Waals surface area (Å²) in [6.45, 7) is 4.98. The van der Waals surface area contributed by atoms with E-state index in [2.05, 4.69) is 26.0 Å². The van der Waals surface area contributed by atoms with Gasteiger partial charge in [0.1, 0.15) is 0 Å². The van der Waals surface area contributed by atoms with Gasteiger partial charge < -0.3 is 9.84 Å². The van der Waals surface area contributed by atoms with Crippen molar-refractivity contribution in [2.45, 2.75) is 45.3 Å². The van der Waals surface area contributed by atoms with Crippen molar-refractivity contribution in [3.05, 3.63) is 34.9 Å². The van der Waals surface area contributed by atoms with Gasteiger partial charge in [-0.3, -0.25) is 0 Å². The van der Waals surface area contributed by atoms with Crippen LogP contribution in [0.3, 0.4) is 0 Å². The van der Waals surface area contributed by atoms with Crippen LogP contribution in [0.5, 0.6) is 0 Å². The molecule has 0 aliphatic carbocycles. The summed E-state index contributed by atoms with van der Waals surface area (Å²) in [5.41, 5.74) is 3.46. The zero-order chi connectivity index (χ0) is 11.5. The molecule has 0 spiro atoms. The number of hydrogen-bond acceptors (Lipinski definition) is 2. The van der Waals surface area contributed by atoms with Crippen LogP contribution in [0.15, 0.2) is 18.2 Å². The van der Waals surface area contributed by atoms with Gasteiger partial charge in [-0.2, -0.15) is 0 Å². The molecule has 2 atom stereocenters. The predicted octanol–water partition coefficient (Wildman–Crippen LogP) is 2.91. The Balaban J connectivity index is 2.04. The molecule has 1 N–H and O–H groups in total. The van der Waals surface area contributed by atoms with Gasteiger partial charge in [0.25, 0.3) is 0 Å². The summed E-state index contributed by atoms with van der Waals surface area (Å²) in [5.74, 6) is 0. The maximum absolute atomic E-state index is 10.2. The minimum atomic E-state index is -0.385. The van der Waals surface area contributed by atoms with E-state index < -0.39 is 0 Å². The Morgan fingerprint density at radius 3 is 2.88 bits per heavy atom. The third-order valence-corrected chi connectivity index (χ3v) is 3.29. The van der Waals surface area contributed by atoms with Crippen LogP contribution in [0.25, 0.3) is 0 Å². The first-order valence-corrected chi connectivity index (χ1v) is 6.03. The first-order chi connectivity index (χ1) is 7.66. The molecule has 1 aromatic rings. The highest BCUT2D eigenvalue weighted by molar-refractivity contribution is 5.32. The van der Waals surface area contributed by atoms with Gasteiger partial charge in [-0.15, -0.1) is 0 Å². The zero-order valence-corrected chi connectivity index (χ0v) is 10.1. The number of ether oxygens (including phenoxy) is 1. The normalized spacial score (nSPS) is 22.3. The molecule has 1 aliphatic heterocycles. The first kappa shape index (κ1) is 11.6. The van der Waals surface area contributed by atoms with E-state index in [9.17, 15) is 5.11 Å². The summed E-state index contributed by atoms with van der Waals surface area (Å²) in [4.78, 5) is 0. The van der Waals surface area contributed by atoms with E-state index in [-0.39, 0.29) is 12.2 Å². The monoisotopic (exact) mass is 220 g/mol. The molecule has 1 fully saturated rings. The number of benzene rings is 1. The van der Waals surface area contributed by atoms with Crippen LogP contribution in [0.4, 0.5) is 0 Å². The van der Waals surface area contributed by atoms with Gasteiger partial charge in [-0.1, -0.05) is 23.8 Å². The molecule has 1 saturated heterocycles. The molecule has 2 nitrogen and oxygen atoms in total. The van der Waals surface area contributed by atoms with E-state index in [4.69, 9.17) is 4.74 Å². The Hall–Kier alpha value is -0.860. The summed E-state index contributed by atoms with van der Waals surface area (Å²) in [6.07, 6.45) is 2.80. The van der Waals surface area contributed by atoms with Crippen LogP contribution >= 0.6 is 0 Å². The minimum absolute atomic E-state index is 0.246. The predicted molar refractivity (Wildman–Crippen MR) is 64.5 cm³/mol. The van der Waals surface area contributed by atoms with Crippen LogP contribution in [0, 0.1) is 13.8 Å². The number of aryl methyl sites for hydroxylation is 2. The number of aliphatic hydroxyl groups is 1. The van der Waals surface area contributed by atoms with Crippen LogP contribution in [0.2, 0.25) is 0 Å². The van der Waals surface area contributed by atoms with Crippen LogP contribution in [-0.2, 0) is 4.74 Å². The maximum Gasteiger partial charge on any atom is 0.0817 e. The molecule has 2 unspecified atom stereocenters. The molecular weight excluding hydrogens is 200 g/mol. The molecule has 0 amide bonds. The average Bonchev–Trinajstić information content (AvgIpc) is 2.70. The van der Waals surface area contributed by atoms with Crippen LogP contribution in [0.1, 0.15) is 42.1 Å². The third kappa shape index (κ3) is 2.63. The lowest BCUT2D eigenvalue weighted by molar-refractivity contribution is 0.0533. The molecule has 88 valence electrons. The highest BCUT2D eigenvalue weighted by atomic mass is 16.5. The van der Waals surface area contributed by atoms with Gasteiger partial charge in [0.05, 0.1) is 12.2 Å². The molecule has 1 aliphatic rings. The molecule has 0 saturated carbocycles. The lowest BCUT2D eigenvalue weighted by atomic mass is 9.97. The fraction of sp³-hybridized carbons (Fsp3) is 0.571. The molecule has 2 heteroatoms. The second-order valence-corrected chi connectivity index (χ2v) is 4.75. The lowest BCUT2D eigenvalue weighted by Gasteiger charge is -2.17. The molecule has 0 bridgehead atoms. The van der Waals surface area contributed by atoms with Crippen molar-refractivity contribution >= 4 is 0 Å². The standard InChI is InChI=1S/C14H20O2/c1-10-5-6-13(11(2)8-10)14(15)9-12-4-3-7-16-12/h5-6,8,12,14-15H,3-4,7,9H2,1-2H3. The smallest absolute Gasteiger partial charge is 0.0817 e. The van der Waals surface area contributed by atoms with Crippen molar-refractivity contribution in [2.75, 3.05) is 6.61 Å². The van der Waals surface area contributed by atoms with Crippen molar-refractivity contribution in [1.29, 1.82) is 0 Å². The van der Waals surface area contributed by atoms with E-state index in [0.29, 0.717) is 0 Å². The lowest BCUT2D eigenvalue weighted by Crippen LogP contribution is -2.12. The summed E-state index contributed by atoms with van der Waals surface area (Å²) in [5, 5.41) is 10.2. The van der Waals surface area contributed by atoms with Gasteiger partial charge in [-0.25, -0.2) is 0 Å². The second kappa shape index (κ2) is 4.98. The maximum atomic E-state index is 10.2. The van der Waals surface area contributed by atoms with Gasteiger partial charge in [0.15, 0.2) is 0 Å². The molecule has 1 aromatic carbocycles. The van der Waals surface area contributed by atoms with E-state index in [0.717, 1.165) is 31.4 Å². The van der Waals surface area contributed by atoms with E-state index in [1.54, 1.807) is 0 Å². The largest absolute Gasteiger partial charge is 0.388 e. The molecule has 1 heterocycles. The Labute approximate surface area is 97.3 Å². The van der Waals surface area contributed by atoms with E-state index in [1.807, 2.05) is 6.07 Å². The van der Waals surface area contributed by atoms with Gasteiger partial charge >= 0.3 is 0 Å². The number of rotatable bonds is 3. The van der Waals surface area contributed by atoms with Crippen molar-refractivity contribution in [2.24, 2.45) is 0 Å². The van der Waals surface area contributed by atoms with Gasteiger partial charge in [-0.05, 0) is 37.8 Å². The Morgan fingerprint density at radius 1 is 1.44 bits per heavy atom. The number of aliphatic hydroxyl groups excluding tert-OH is 1. The first-order valence-electron chi connectivity index (χ1n) is 6.03. The fourth-order valence-corrected chi connectivity index (χ4v) is 2.41. The zero-order valence-electron chi connectivity index (χ0n) is 10.1. The quantitative estimate of drug-likeness (QED) is 0.848. The SMILES string of the molecule is Cc1ccc(C(O)CC2CCCO2)c(C)c1. The van der Waals surface area contributed by atoms with Gasteiger partial charge in [0.2, 0.25) is 0 Å². The summed E-state index contributed by atoms with van der Waals surface area (Å²) in [7, 11) is 0. The van der Waals surface area contributed by atoms with E-state index in [1.165, 1.54) is 11.1 Å². The van der Waals surface area contributed by atoms with E-state index >= 15 is 0 Å². The minimum Gasteiger partial charge on any atom is -0.388 e. The summed E-state index contributed by atoms with van der Waals surface area (Å²) >= 11 is 0. The van der Waals surface area contributed by atoms with Crippen molar-refractivity contribution < 1.29 is 9.84 Å². The molecule has 16 heavy (non-hydrogen) atoms.